The highest BCUT2D eigenvalue weighted by atomic mass is 32.1. The SMILES string of the molecule is Cc1nc(CNC(=O)CC(C)c2ccc(N)cc2)cs1. The second-order valence-corrected chi connectivity index (χ2v) is 5.97. The molecule has 1 atom stereocenters. The van der Waals surface area contributed by atoms with Crippen LogP contribution in [0, 0.1) is 6.92 Å². The van der Waals surface area contributed by atoms with Gasteiger partial charge in [0.1, 0.15) is 0 Å². The Kier molecular flexibility index (Phi) is 4.74. The van der Waals surface area contributed by atoms with Crippen LogP contribution < -0.4 is 11.1 Å². The maximum Gasteiger partial charge on any atom is 0.220 e. The van der Waals surface area contributed by atoms with Crippen LogP contribution in [0.25, 0.3) is 0 Å². The van der Waals surface area contributed by atoms with Crippen molar-refractivity contribution in [2.24, 2.45) is 0 Å². The first kappa shape index (κ1) is 14.5. The monoisotopic (exact) mass is 289 g/mol. The van der Waals surface area contributed by atoms with E-state index >= 15 is 0 Å². The molecule has 1 aromatic heterocycles. The van der Waals surface area contributed by atoms with Crippen molar-refractivity contribution >= 4 is 22.9 Å². The Morgan fingerprint density at radius 1 is 1.40 bits per heavy atom. The molecule has 3 N–H and O–H groups in total. The van der Waals surface area contributed by atoms with Gasteiger partial charge in [-0.2, -0.15) is 0 Å². The third-order valence-electron chi connectivity index (χ3n) is 3.13. The minimum absolute atomic E-state index is 0.0416. The molecule has 1 amide bonds. The third kappa shape index (κ3) is 4.06. The topological polar surface area (TPSA) is 68.0 Å². The number of aryl methyl sites for hydroxylation is 1. The maximum absolute atomic E-state index is 11.9. The van der Waals surface area contributed by atoms with Crippen LogP contribution in [0.4, 0.5) is 5.69 Å². The highest BCUT2D eigenvalue weighted by Gasteiger charge is 2.11. The number of nitrogens with zero attached hydrogens (tertiary/aromatic N) is 1. The van der Waals surface area contributed by atoms with Crippen molar-refractivity contribution in [2.75, 3.05) is 5.73 Å². The van der Waals surface area contributed by atoms with E-state index < -0.39 is 0 Å². The van der Waals surface area contributed by atoms with Gasteiger partial charge < -0.3 is 11.1 Å². The van der Waals surface area contributed by atoms with Gasteiger partial charge in [0, 0.05) is 17.5 Å². The lowest BCUT2D eigenvalue weighted by Crippen LogP contribution is -2.24. The summed E-state index contributed by atoms with van der Waals surface area (Å²) in [6, 6.07) is 7.66. The molecule has 2 aromatic rings. The molecule has 2 rings (SSSR count). The number of hydrogen-bond acceptors (Lipinski definition) is 4. The number of rotatable bonds is 5. The van der Waals surface area contributed by atoms with Gasteiger partial charge in [0.25, 0.3) is 0 Å². The Morgan fingerprint density at radius 2 is 2.10 bits per heavy atom. The second-order valence-electron chi connectivity index (χ2n) is 4.91. The summed E-state index contributed by atoms with van der Waals surface area (Å²) in [4.78, 5) is 16.2. The molecule has 0 saturated carbocycles. The molecule has 0 aliphatic heterocycles. The fourth-order valence-electron chi connectivity index (χ4n) is 1.97. The number of nitrogen functional groups attached to an aromatic ring is 1. The Balaban J connectivity index is 1.83. The van der Waals surface area contributed by atoms with Gasteiger partial charge in [-0.15, -0.1) is 11.3 Å². The summed E-state index contributed by atoms with van der Waals surface area (Å²) in [6.07, 6.45) is 0.465. The first-order chi connectivity index (χ1) is 9.54. The number of carbonyl (C=O) groups is 1. The summed E-state index contributed by atoms with van der Waals surface area (Å²) in [7, 11) is 0. The van der Waals surface area contributed by atoms with Crippen LogP contribution in [0.1, 0.15) is 35.5 Å². The number of anilines is 1. The van der Waals surface area contributed by atoms with Crippen molar-refractivity contribution in [1.82, 2.24) is 10.3 Å². The lowest BCUT2D eigenvalue weighted by molar-refractivity contribution is -0.121. The van der Waals surface area contributed by atoms with Gasteiger partial charge in [0.15, 0.2) is 0 Å². The Bertz CT molecular complexity index is 577. The van der Waals surface area contributed by atoms with E-state index in [0.29, 0.717) is 13.0 Å². The summed E-state index contributed by atoms with van der Waals surface area (Å²) in [5.74, 6) is 0.216. The Hall–Kier alpha value is -1.88. The van der Waals surface area contributed by atoms with E-state index in [4.69, 9.17) is 5.73 Å². The lowest BCUT2D eigenvalue weighted by atomic mass is 9.97. The van der Waals surface area contributed by atoms with Crippen LogP contribution in [0.3, 0.4) is 0 Å². The fourth-order valence-corrected chi connectivity index (χ4v) is 2.58. The third-order valence-corrected chi connectivity index (χ3v) is 3.95. The standard InChI is InChI=1S/C15H19N3OS/c1-10(12-3-5-13(16)6-4-12)7-15(19)17-8-14-9-20-11(2)18-14/h3-6,9-10H,7-8,16H2,1-2H3,(H,17,19). The van der Waals surface area contributed by atoms with Crippen LogP contribution in [-0.2, 0) is 11.3 Å². The van der Waals surface area contributed by atoms with Crippen LogP contribution in [0.15, 0.2) is 29.6 Å². The van der Waals surface area contributed by atoms with Crippen molar-refractivity contribution < 1.29 is 4.79 Å². The molecule has 20 heavy (non-hydrogen) atoms. The smallest absolute Gasteiger partial charge is 0.220 e. The predicted octanol–water partition coefficient (Wildman–Crippen LogP) is 2.84. The van der Waals surface area contributed by atoms with E-state index in [1.54, 1.807) is 11.3 Å². The number of aromatic nitrogens is 1. The molecule has 0 fully saturated rings. The number of benzene rings is 1. The number of carbonyl (C=O) groups excluding carboxylic acids is 1. The first-order valence-corrected chi connectivity index (χ1v) is 7.45. The van der Waals surface area contributed by atoms with Crippen molar-refractivity contribution in [3.63, 3.8) is 0 Å². The van der Waals surface area contributed by atoms with Crippen LogP contribution in [0.5, 0.6) is 0 Å². The summed E-state index contributed by atoms with van der Waals surface area (Å²) in [5, 5.41) is 5.89. The average molecular weight is 289 g/mol. The van der Waals surface area contributed by atoms with Gasteiger partial charge in [-0.3, -0.25) is 4.79 Å². The summed E-state index contributed by atoms with van der Waals surface area (Å²) < 4.78 is 0. The maximum atomic E-state index is 11.9. The second kappa shape index (κ2) is 6.52. The zero-order valence-electron chi connectivity index (χ0n) is 11.7. The van der Waals surface area contributed by atoms with Crippen LogP contribution >= 0.6 is 11.3 Å². The molecule has 106 valence electrons. The molecule has 5 heteroatoms. The molecule has 0 saturated heterocycles. The van der Waals surface area contributed by atoms with Crippen molar-refractivity contribution in [2.45, 2.75) is 32.7 Å². The first-order valence-electron chi connectivity index (χ1n) is 6.57. The molecule has 1 heterocycles. The molecular weight excluding hydrogens is 270 g/mol. The number of nitrogens with one attached hydrogen (secondary N) is 1. The largest absolute Gasteiger partial charge is 0.399 e. The Morgan fingerprint density at radius 3 is 2.70 bits per heavy atom. The predicted molar refractivity (Wildman–Crippen MR) is 82.6 cm³/mol. The molecular formula is C15H19N3OS. The molecule has 0 aliphatic carbocycles. The molecule has 0 spiro atoms. The quantitative estimate of drug-likeness (QED) is 0.832. The van der Waals surface area contributed by atoms with Gasteiger partial charge in [-0.25, -0.2) is 4.98 Å². The molecule has 0 aliphatic rings. The van der Waals surface area contributed by atoms with E-state index in [-0.39, 0.29) is 11.8 Å². The van der Waals surface area contributed by atoms with Gasteiger partial charge in [0.05, 0.1) is 17.2 Å². The summed E-state index contributed by atoms with van der Waals surface area (Å²) in [5.41, 5.74) is 8.44. The van der Waals surface area contributed by atoms with E-state index in [9.17, 15) is 4.79 Å². The van der Waals surface area contributed by atoms with Gasteiger partial charge in [0.2, 0.25) is 5.91 Å². The minimum atomic E-state index is 0.0416. The minimum Gasteiger partial charge on any atom is -0.399 e. The zero-order valence-corrected chi connectivity index (χ0v) is 12.5. The fraction of sp³-hybridized carbons (Fsp3) is 0.333. The number of thiazole rings is 1. The van der Waals surface area contributed by atoms with Gasteiger partial charge in [-0.1, -0.05) is 19.1 Å². The highest BCUT2D eigenvalue weighted by molar-refractivity contribution is 7.09. The van der Waals surface area contributed by atoms with E-state index in [2.05, 4.69) is 10.3 Å². The van der Waals surface area contributed by atoms with Crippen molar-refractivity contribution in [3.8, 4) is 0 Å². The number of nitrogens with two attached hydrogens (primary N) is 1. The van der Waals surface area contributed by atoms with Crippen molar-refractivity contribution in [3.05, 3.63) is 45.9 Å². The summed E-state index contributed by atoms with van der Waals surface area (Å²) in [6.45, 7) is 4.49. The molecule has 0 radical (unpaired) electrons. The van der Waals surface area contributed by atoms with Crippen molar-refractivity contribution in [1.29, 1.82) is 0 Å². The van der Waals surface area contributed by atoms with Crippen LogP contribution in [0.2, 0.25) is 0 Å². The molecule has 4 nitrogen and oxygen atoms in total. The molecule has 0 bridgehead atoms. The van der Waals surface area contributed by atoms with Gasteiger partial charge >= 0.3 is 0 Å². The Labute approximate surface area is 123 Å². The van der Waals surface area contributed by atoms with E-state index in [0.717, 1.165) is 22.0 Å². The molecule has 1 aromatic carbocycles. The number of hydrogen-bond donors (Lipinski definition) is 2. The summed E-state index contributed by atoms with van der Waals surface area (Å²) >= 11 is 1.59. The van der Waals surface area contributed by atoms with E-state index in [1.807, 2.05) is 43.5 Å². The van der Waals surface area contributed by atoms with Gasteiger partial charge in [-0.05, 0) is 30.5 Å². The molecule has 1 unspecified atom stereocenters. The lowest BCUT2D eigenvalue weighted by Gasteiger charge is -2.12. The zero-order chi connectivity index (χ0) is 14.5. The highest BCUT2D eigenvalue weighted by Crippen LogP contribution is 2.20. The van der Waals surface area contributed by atoms with E-state index in [1.165, 1.54) is 0 Å². The normalized spacial score (nSPS) is 12.1. The number of amides is 1. The van der Waals surface area contributed by atoms with Crippen LogP contribution in [-0.4, -0.2) is 10.9 Å². The average Bonchev–Trinajstić information content (AvgIpc) is 2.83.